The summed E-state index contributed by atoms with van der Waals surface area (Å²) in [5.74, 6) is -0.818. The Morgan fingerprint density at radius 3 is 2.63 bits per heavy atom. The van der Waals surface area contributed by atoms with Crippen molar-refractivity contribution in [2.45, 2.75) is 45.3 Å². The molecule has 3 N–H and O–H groups in total. The number of amides is 3. The van der Waals surface area contributed by atoms with Crippen molar-refractivity contribution in [1.82, 2.24) is 10.2 Å². The lowest BCUT2D eigenvalue weighted by Crippen LogP contribution is -2.53. The van der Waals surface area contributed by atoms with Gasteiger partial charge in [-0.25, -0.2) is 4.79 Å². The first kappa shape index (κ1) is 15.3. The number of piperidine rings is 1. The number of nitrogens with zero attached hydrogens (tertiary/aromatic N) is 1. The van der Waals surface area contributed by atoms with Gasteiger partial charge >= 0.3 is 6.09 Å². The maximum absolute atomic E-state index is 12.0. The van der Waals surface area contributed by atoms with Crippen LogP contribution >= 0.6 is 0 Å². The second kappa shape index (κ2) is 6.96. The second-order valence-corrected chi connectivity index (χ2v) is 4.81. The Bertz CT molecular complexity index is 357. The third kappa shape index (κ3) is 4.76. The third-order valence-corrected chi connectivity index (χ3v) is 2.88. The summed E-state index contributed by atoms with van der Waals surface area (Å²) in [5, 5.41) is 2.37. The molecule has 7 heteroatoms. The van der Waals surface area contributed by atoms with Crippen LogP contribution in [-0.4, -0.2) is 48.0 Å². The molecular formula is C12H21N3O4. The Hall–Kier alpha value is -1.79. The standard InChI is InChI=1S/C12H21N3O4/c1-8(2)19-12(18)14-7-10(16)15-6-4-3-5-9(15)11(13)17/h8-9H,3-7H2,1-2H3,(H2,13,17)(H,14,18)/t9-/m0/s1. The molecule has 1 heterocycles. The Labute approximate surface area is 112 Å². The molecule has 7 nitrogen and oxygen atoms in total. The van der Waals surface area contributed by atoms with Gasteiger partial charge in [-0.15, -0.1) is 0 Å². The lowest BCUT2D eigenvalue weighted by atomic mass is 10.0. The van der Waals surface area contributed by atoms with Gasteiger partial charge in [0.25, 0.3) is 0 Å². The molecule has 0 unspecified atom stereocenters. The van der Waals surface area contributed by atoms with Crippen molar-refractivity contribution in [2.24, 2.45) is 5.73 Å². The van der Waals surface area contributed by atoms with E-state index >= 15 is 0 Å². The number of carbonyl (C=O) groups is 3. The molecule has 0 spiro atoms. The van der Waals surface area contributed by atoms with E-state index in [2.05, 4.69) is 5.32 Å². The average molecular weight is 271 g/mol. The topological polar surface area (TPSA) is 102 Å². The van der Waals surface area contributed by atoms with Crippen LogP contribution in [0, 0.1) is 0 Å². The number of rotatable bonds is 4. The van der Waals surface area contributed by atoms with Crippen molar-refractivity contribution in [1.29, 1.82) is 0 Å². The number of carbonyl (C=O) groups excluding carboxylic acids is 3. The molecule has 3 amide bonds. The fourth-order valence-corrected chi connectivity index (χ4v) is 2.03. The van der Waals surface area contributed by atoms with Gasteiger partial charge in [0, 0.05) is 6.54 Å². The van der Waals surface area contributed by atoms with E-state index in [-0.39, 0.29) is 18.6 Å². The Kier molecular flexibility index (Phi) is 5.59. The fraction of sp³-hybridized carbons (Fsp3) is 0.750. The number of nitrogens with two attached hydrogens (primary N) is 1. The van der Waals surface area contributed by atoms with Crippen molar-refractivity contribution in [2.75, 3.05) is 13.1 Å². The summed E-state index contributed by atoms with van der Waals surface area (Å²) in [6.07, 6.45) is 1.41. The minimum absolute atomic E-state index is 0.185. The number of ether oxygens (including phenoxy) is 1. The van der Waals surface area contributed by atoms with E-state index in [1.165, 1.54) is 4.90 Å². The van der Waals surface area contributed by atoms with Crippen LogP contribution < -0.4 is 11.1 Å². The fourth-order valence-electron chi connectivity index (χ4n) is 2.03. The molecule has 0 aromatic carbocycles. The van der Waals surface area contributed by atoms with E-state index in [4.69, 9.17) is 10.5 Å². The normalized spacial score (nSPS) is 19.1. The monoisotopic (exact) mass is 271 g/mol. The van der Waals surface area contributed by atoms with Gasteiger partial charge in [-0.1, -0.05) is 0 Å². The summed E-state index contributed by atoms with van der Waals surface area (Å²) >= 11 is 0. The van der Waals surface area contributed by atoms with Gasteiger partial charge in [-0.2, -0.15) is 0 Å². The van der Waals surface area contributed by atoms with Crippen molar-refractivity contribution in [3.63, 3.8) is 0 Å². The molecule has 0 bridgehead atoms. The highest BCUT2D eigenvalue weighted by atomic mass is 16.6. The third-order valence-electron chi connectivity index (χ3n) is 2.88. The summed E-state index contributed by atoms with van der Waals surface area (Å²) in [5.41, 5.74) is 5.27. The lowest BCUT2D eigenvalue weighted by Gasteiger charge is -2.33. The number of hydrogen-bond donors (Lipinski definition) is 2. The number of alkyl carbamates (subject to hydrolysis) is 1. The minimum atomic E-state index is -0.643. The zero-order chi connectivity index (χ0) is 14.4. The van der Waals surface area contributed by atoms with Crippen LogP contribution in [0.25, 0.3) is 0 Å². The van der Waals surface area contributed by atoms with Crippen molar-refractivity contribution >= 4 is 17.9 Å². The van der Waals surface area contributed by atoms with E-state index in [1.54, 1.807) is 13.8 Å². The van der Waals surface area contributed by atoms with Crippen LogP contribution in [0.2, 0.25) is 0 Å². The first-order chi connectivity index (χ1) is 8.91. The van der Waals surface area contributed by atoms with Crippen LogP contribution in [0.5, 0.6) is 0 Å². The van der Waals surface area contributed by atoms with Crippen LogP contribution in [0.4, 0.5) is 4.79 Å². The zero-order valence-electron chi connectivity index (χ0n) is 11.3. The highest BCUT2D eigenvalue weighted by Crippen LogP contribution is 2.16. The first-order valence-electron chi connectivity index (χ1n) is 6.45. The van der Waals surface area contributed by atoms with Gasteiger partial charge in [-0.3, -0.25) is 9.59 Å². The largest absolute Gasteiger partial charge is 0.447 e. The number of primary amides is 1. The molecule has 108 valence electrons. The summed E-state index contributed by atoms with van der Waals surface area (Å²) < 4.78 is 4.85. The molecule has 1 atom stereocenters. The first-order valence-corrected chi connectivity index (χ1v) is 6.45. The smallest absolute Gasteiger partial charge is 0.407 e. The van der Waals surface area contributed by atoms with Gasteiger partial charge in [0.1, 0.15) is 12.6 Å². The van der Waals surface area contributed by atoms with Crippen molar-refractivity contribution < 1.29 is 19.1 Å². The van der Waals surface area contributed by atoms with Gasteiger partial charge in [0.05, 0.1) is 6.10 Å². The predicted molar refractivity (Wildman–Crippen MR) is 68.2 cm³/mol. The molecule has 0 aromatic rings. The Morgan fingerprint density at radius 1 is 1.37 bits per heavy atom. The molecule has 19 heavy (non-hydrogen) atoms. The van der Waals surface area contributed by atoms with E-state index < -0.39 is 18.0 Å². The molecule has 1 aliphatic rings. The summed E-state index contributed by atoms with van der Waals surface area (Å²) in [6.45, 7) is 3.74. The van der Waals surface area contributed by atoms with E-state index in [0.717, 1.165) is 12.8 Å². The van der Waals surface area contributed by atoms with Crippen LogP contribution in [0.1, 0.15) is 33.1 Å². The highest BCUT2D eigenvalue weighted by Gasteiger charge is 2.30. The van der Waals surface area contributed by atoms with E-state index in [9.17, 15) is 14.4 Å². The predicted octanol–water partition coefficient (Wildman–Crippen LogP) is -0.0126. The Morgan fingerprint density at radius 2 is 2.05 bits per heavy atom. The van der Waals surface area contributed by atoms with E-state index in [0.29, 0.717) is 13.0 Å². The van der Waals surface area contributed by atoms with Crippen molar-refractivity contribution in [3.8, 4) is 0 Å². The Balaban J connectivity index is 2.47. The number of hydrogen-bond acceptors (Lipinski definition) is 4. The van der Waals surface area contributed by atoms with Gasteiger partial charge < -0.3 is 20.7 Å². The molecular weight excluding hydrogens is 250 g/mol. The quantitative estimate of drug-likeness (QED) is 0.750. The highest BCUT2D eigenvalue weighted by molar-refractivity contribution is 5.88. The molecule has 0 aromatic heterocycles. The summed E-state index contributed by atoms with van der Waals surface area (Å²) in [7, 11) is 0. The van der Waals surface area contributed by atoms with Crippen LogP contribution in [0.15, 0.2) is 0 Å². The number of likely N-dealkylation sites (tertiary alicyclic amines) is 1. The van der Waals surface area contributed by atoms with Gasteiger partial charge in [-0.05, 0) is 33.1 Å². The van der Waals surface area contributed by atoms with Crippen LogP contribution in [-0.2, 0) is 14.3 Å². The summed E-state index contributed by atoms with van der Waals surface area (Å²) in [6, 6.07) is -0.566. The lowest BCUT2D eigenvalue weighted by molar-refractivity contribution is -0.140. The molecule has 0 aliphatic carbocycles. The maximum atomic E-state index is 12.0. The van der Waals surface area contributed by atoms with Gasteiger partial charge in [0.15, 0.2) is 0 Å². The van der Waals surface area contributed by atoms with Gasteiger partial charge in [0.2, 0.25) is 11.8 Å². The molecule has 0 radical (unpaired) electrons. The van der Waals surface area contributed by atoms with E-state index in [1.807, 2.05) is 0 Å². The molecule has 0 saturated carbocycles. The van der Waals surface area contributed by atoms with Crippen molar-refractivity contribution in [3.05, 3.63) is 0 Å². The maximum Gasteiger partial charge on any atom is 0.407 e. The average Bonchev–Trinajstić information content (AvgIpc) is 2.35. The molecule has 1 aliphatic heterocycles. The molecule has 1 fully saturated rings. The van der Waals surface area contributed by atoms with Crippen LogP contribution in [0.3, 0.4) is 0 Å². The molecule has 1 saturated heterocycles. The number of nitrogens with one attached hydrogen (secondary N) is 1. The SMILES string of the molecule is CC(C)OC(=O)NCC(=O)N1CCCC[C@H]1C(N)=O. The molecule has 1 rings (SSSR count). The summed E-state index contributed by atoms with van der Waals surface area (Å²) in [4.78, 5) is 35.9. The second-order valence-electron chi connectivity index (χ2n) is 4.81. The minimum Gasteiger partial charge on any atom is -0.447 e. The zero-order valence-corrected chi connectivity index (χ0v) is 11.3.